The topological polar surface area (TPSA) is 72.2 Å². The molecule has 0 aliphatic heterocycles. The van der Waals surface area contributed by atoms with Crippen molar-refractivity contribution in [3.63, 3.8) is 0 Å². The van der Waals surface area contributed by atoms with E-state index >= 15 is 0 Å². The predicted molar refractivity (Wildman–Crippen MR) is 70.7 cm³/mol. The molecule has 5 nitrogen and oxygen atoms in total. The van der Waals surface area contributed by atoms with Crippen molar-refractivity contribution in [1.29, 1.82) is 0 Å². The average molecular weight is 260 g/mol. The summed E-state index contributed by atoms with van der Waals surface area (Å²) in [5.74, 6) is 1.04. The highest BCUT2D eigenvalue weighted by atomic mass is 16.6. The fourth-order valence-corrected chi connectivity index (χ4v) is 3.34. The van der Waals surface area contributed by atoms with Crippen LogP contribution in [0.15, 0.2) is 24.3 Å². The molecule has 1 amide bonds. The number of para-hydroxylation sites is 2. The Kier molecular flexibility index (Phi) is 2.97. The van der Waals surface area contributed by atoms with E-state index in [1.54, 1.807) is 18.2 Å². The third-order valence-corrected chi connectivity index (χ3v) is 4.32. The quantitative estimate of drug-likeness (QED) is 0.670. The number of benzene rings is 1. The molecular weight excluding hydrogens is 244 g/mol. The largest absolute Gasteiger partial charge is 0.320 e. The smallest absolute Gasteiger partial charge is 0.292 e. The molecule has 19 heavy (non-hydrogen) atoms. The second kappa shape index (κ2) is 4.64. The minimum Gasteiger partial charge on any atom is -0.320 e. The summed E-state index contributed by atoms with van der Waals surface area (Å²) in [5, 5.41) is 13.6. The lowest BCUT2D eigenvalue weighted by Crippen LogP contribution is -2.16. The van der Waals surface area contributed by atoms with E-state index in [1.807, 2.05) is 0 Å². The van der Waals surface area contributed by atoms with Crippen LogP contribution in [0.5, 0.6) is 0 Å². The van der Waals surface area contributed by atoms with Crippen LogP contribution in [0, 0.1) is 27.9 Å². The van der Waals surface area contributed by atoms with Gasteiger partial charge in [-0.1, -0.05) is 25.0 Å². The van der Waals surface area contributed by atoms with Crippen LogP contribution in [0.1, 0.15) is 25.7 Å². The van der Waals surface area contributed by atoms with Gasteiger partial charge in [-0.25, -0.2) is 0 Å². The number of fused-ring (bicyclic) bond motifs is 1. The van der Waals surface area contributed by atoms with Crippen molar-refractivity contribution in [2.45, 2.75) is 25.7 Å². The number of hydrogen-bond donors (Lipinski definition) is 1. The number of rotatable bonds is 3. The third kappa shape index (κ3) is 2.20. The molecule has 1 aromatic rings. The molecule has 5 heteroatoms. The van der Waals surface area contributed by atoms with Gasteiger partial charge in [0, 0.05) is 12.0 Å². The zero-order chi connectivity index (χ0) is 13.4. The maximum absolute atomic E-state index is 12.2. The van der Waals surface area contributed by atoms with Crippen molar-refractivity contribution in [2.24, 2.45) is 17.8 Å². The monoisotopic (exact) mass is 260 g/mol. The zero-order valence-corrected chi connectivity index (χ0v) is 10.5. The zero-order valence-electron chi connectivity index (χ0n) is 10.5. The minimum absolute atomic E-state index is 0.0422. The Morgan fingerprint density at radius 3 is 2.47 bits per heavy atom. The van der Waals surface area contributed by atoms with E-state index in [9.17, 15) is 14.9 Å². The maximum atomic E-state index is 12.2. The molecule has 100 valence electrons. The van der Waals surface area contributed by atoms with Crippen LogP contribution in [0.25, 0.3) is 0 Å². The Balaban J connectivity index is 1.72. The van der Waals surface area contributed by atoms with Crippen LogP contribution in [-0.4, -0.2) is 10.8 Å². The van der Waals surface area contributed by atoms with Gasteiger partial charge in [0.05, 0.1) is 4.92 Å². The van der Waals surface area contributed by atoms with E-state index in [0.717, 1.165) is 12.8 Å². The van der Waals surface area contributed by atoms with E-state index < -0.39 is 4.92 Å². The fraction of sp³-hybridized carbons (Fsp3) is 0.500. The van der Waals surface area contributed by atoms with Gasteiger partial charge in [0.15, 0.2) is 0 Å². The molecule has 3 rings (SSSR count). The van der Waals surface area contributed by atoms with Crippen LogP contribution in [0.4, 0.5) is 11.4 Å². The lowest BCUT2D eigenvalue weighted by Gasteiger charge is -2.05. The maximum Gasteiger partial charge on any atom is 0.292 e. The van der Waals surface area contributed by atoms with E-state index in [2.05, 4.69) is 5.32 Å². The van der Waals surface area contributed by atoms with Gasteiger partial charge in [-0.3, -0.25) is 14.9 Å². The van der Waals surface area contributed by atoms with E-state index in [1.165, 1.54) is 18.9 Å². The molecule has 0 spiro atoms. The van der Waals surface area contributed by atoms with E-state index in [4.69, 9.17) is 0 Å². The first-order valence-electron chi connectivity index (χ1n) is 6.73. The molecule has 2 fully saturated rings. The van der Waals surface area contributed by atoms with Gasteiger partial charge >= 0.3 is 0 Å². The molecule has 0 radical (unpaired) electrons. The molecular formula is C14H16N2O3. The van der Waals surface area contributed by atoms with Gasteiger partial charge in [0.25, 0.3) is 5.69 Å². The average Bonchev–Trinajstić information content (AvgIpc) is 3.13. The number of amides is 1. The number of nitrogens with one attached hydrogen (secondary N) is 1. The third-order valence-electron chi connectivity index (χ3n) is 4.32. The number of carbonyl (C=O) groups is 1. The molecule has 2 aliphatic carbocycles. The molecule has 0 bridgehead atoms. The van der Waals surface area contributed by atoms with Crippen LogP contribution in [-0.2, 0) is 4.79 Å². The number of anilines is 1. The molecule has 0 saturated heterocycles. The molecule has 1 N–H and O–H groups in total. The second-order valence-electron chi connectivity index (χ2n) is 5.40. The SMILES string of the molecule is O=C(Nc1ccccc1[N+](=O)[O-])C1[C@H]2CCCC[C@@H]12. The van der Waals surface area contributed by atoms with Gasteiger partial charge in [-0.15, -0.1) is 0 Å². The number of hydrogen-bond acceptors (Lipinski definition) is 3. The normalized spacial score (nSPS) is 28.3. The number of carbonyl (C=O) groups excluding carboxylic acids is 1. The number of nitro groups is 1. The second-order valence-corrected chi connectivity index (χ2v) is 5.40. The fourth-order valence-electron chi connectivity index (χ4n) is 3.34. The Labute approximate surface area is 111 Å². The first kappa shape index (κ1) is 12.1. The summed E-state index contributed by atoms with van der Waals surface area (Å²) in [6.07, 6.45) is 4.66. The summed E-state index contributed by atoms with van der Waals surface area (Å²) in [6.45, 7) is 0. The molecule has 1 unspecified atom stereocenters. The van der Waals surface area contributed by atoms with Gasteiger partial charge in [0.2, 0.25) is 5.91 Å². The van der Waals surface area contributed by atoms with Crippen molar-refractivity contribution >= 4 is 17.3 Å². The molecule has 2 aliphatic rings. The first-order valence-corrected chi connectivity index (χ1v) is 6.73. The Bertz CT molecular complexity index is 517. The summed E-state index contributed by atoms with van der Waals surface area (Å²) >= 11 is 0. The van der Waals surface area contributed by atoms with Gasteiger partial charge in [-0.2, -0.15) is 0 Å². The number of nitro benzene ring substituents is 1. The summed E-state index contributed by atoms with van der Waals surface area (Å²) in [5.41, 5.74) is 0.264. The van der Waals surface area contributed by atoms with Gasteiger partial charge < -0.3 is 5.32 Å². The molecule has 1 aromatic carbocycles. The van der Waals surface area contributed by atoms with Crippen LogP contribution < -0.4 is 5.32 Å². The Morgan fingerprint density at radius 2 is 1.84 bits per heavy atom. The lowest BCUT2D eigenvalue weighted by atomic mass is 10.0. The van der Waals surface area contributed by atoms with Crippen molar-refractivity contribution in [3.8, 4) is 0 Å². The summed E-state index contributed by atoms with van der Waals surface area (Å²) < 4.78 is 0. The molecule has 0 heterocycles. The summed E-state index contributed by atoms with van der Waals surface area (Å²) in [6, 6.07) is 6.30. The minimum atomic E-state index is -0.463. The van der Waals surface area contributed by atoms with E-state index in [0.29, 0.717) is 17.5 Å². The highest BCUT2D eigenvalue weighted by Crippen LogP contribution is 2.55. The predicted octanol–water partition coefficient (Wildman–Crippen LogP) is 2.97. The summed E-state index contributed by atoms with van der Waals surface area (Å²) in [4.78, 5) is 22.6. The molecule has 2 saturated carbocycles. The van der Waals surface area contributed by atoms with Crippen LogP contribution >= 0.6 is 0 Å². The highest BCUT2D eigenvalue weighted by molar-refractivity contribution is 5.96. The van der Waals surface area contributed by atoms with Crippen molar-refractivity contribution in [2.75, 3.05) is 5.32 Å². The van der Waals surface area contributed by atoms with Crippen molar-refractivity contribution < 1.29 is 9.72 Å². The summed E-state index contributed by atoms with van der Waals surface area (Å²) in [7, 11) is 0. The van der Waals surface area contributed by atoms with Crippen molar-refractivity contribution in [3.05, 3.63) is 34.4 Å². The van der Waals surface area contributed by atoms with Crippen LogP contribution in [0.3, 0.4) is 0 Å². The Morgan fingerprint density at radius 1 is 1.21 bits per heavy atom. The number of nitrogens with zero attached hydrogens (tertiary/aromatic N) is 1. The Hall–Kier alpha value is -1.91. The van der Waals surface area contributed by atoms with Gasteiger partial charge in [0.1, 0.15) is 5.69 Å². The molecule has 3 atom stereocenters. The van der Waals surface area contributed by atoms with Crippen molar-refractivity contribution in [1.82, 2.24) is 0 Å². The van der Waals surface area contributed by atoms with Crippen LogP contribution in [0.2, 0.25) is 0 Å². The van der Waals surface area contributed by atoms with E-state index in [-0.39, 0.29) is 17.5 Å². The first-order chi connectivity index (χ1) is 9.18. The highest BCUT2D eigenvalue weighted by Gasteiger charge is 2.54. The van der Waals surface area contributed by atoms with Gasteiger partial charge in [-0.05, 0) is 30.7 Å². The standard InChI is InChI=1S/C14H16N2O3/c17-14(13-9-5-1-2-6-10(9)13)15-11-7-3-4-8-12(11)16(18)19/h3-4,7-10,13H,1-2,5-6H2,(H,15,17)/t9-,10+,13?. The lowest BCUT2D eigenvalue weighted by molar-refractivity contribution is -0.383. The molecule has 0 aromatic heterocycles.